The second-order valence-corrected chi connectivity index (χ2v) is 8.24. The summed E-state index contributed by atoms with van der Waals surface area (Å²) in [5.41, 5.74) is 0.720. The summed E-state index contributed by atoms with van der Waals surface area (Å²) in [7, 11) is 2.68. The van der Waals surface area contributed by atoms with Crippen molar-refractivity contribution in [3.8, 4) is 5.75 Å². The fourth-order valence-corrected chi connectivity index (χ4v) is 3.98. The number of carbonyl (C=O) groups excluding carboxylic acids is 1. The second-order valence-electron chi connectivity index (χ2n) is 7.84. The standard InChI is InChI=1S/C24H25ClFNO5/c1-13(2)20(12-28)27-11-17(24(30)32-4)23(29)16-9-15(21(31-3)10-19(16)27)8-14-6-5-7-18(25)22(14)26/h5-7,9-11,13,20,28H,8,12H2,1-4H3/t20-/m1/s1. The third kappa shape index (κ3) is 4.36. The zero-order valence-corrected chi connectivity index (χ0v) is 19.1. The maximum atomic E-state index is 14.5. The Bertz CT molecular complexity index is 1220. The minimum absolute atomic E-state index is 0.000287. The number of nitrogens with zero attached hydrogens (tertiary/aromatic N) is 1. The van der Waals surface area contributed by atoms with Gasteiger partial charge in [0.25, 0.3) is 0 Å². The van der Waals surface area contributed by atoms with Gasteiger partial charge in [-0.3, -0.25) is 4.79 Å². The molecule has 0 bridgehead atoms. The molecule has 0 spiro atoms. The summed E-state index contributed by atoms with van der Waals surface area (Å²) in [6.45, 7) is 3.65. The molecule has 0 aliphatic heterocycles. The van der Waals surface area contributed by atoms with Crippen molar-refractivity contribution in [3.05, 3.63) is 74.3 Å². The van der Waals surface area contributed by atoms with Crippen molar-refractivity contribution in [2.24, 2.45) is 5.92 Å². The summed E-state index contributed by atoms with van der Waals surface area (Å²) in [4.78, 5) is 25.5. The quantitative estimate of drug-likeness (QED) is 0.529. The van der Waals surface area contributed by atoms with Gasteiger partial charge in [-0.15, -0.1) is 0 Å². The molecule has 6 nitrogen and oxygen atoms in total. The van der Waals surface area contributed by atoms with Gasteiger partial charge in [0, 0.05) is 24.1 Å². The number of aliphatic hydroxyl groups is 1. The van der Waals surface area contributed by atoms with E-state index in [-0.39, 0.29) is 34.9 Å². The first-order valence-electron chi connectivity index (χ1n) is 10.1. The van der Waals surface area contributed by atoms with Crippen LogP contribution in [-0.2, 0) is 11.2 Å². The van der Waals surface area contributed by atoms with Gasteiger partial charge in [0.2, 0.25) is 5.43 Å². The lowest BCUT2D eigenvalue weighted by Gasteiger charge is -2.25. The Kier molecular flexibility index (Phi) is 7.21. The van der Waals surface area contributed by atoms with Crippen molar-refractivity contribution in [2.75, 3.05) is 20.8 Å². The number of ether oxygens (including phenoxy) is 2. The number of methoxy groups -OCH3 is 2. The molecule has 0 aliphatic rings. The zero-order chi connectivity index (χ0) is 23.6. The van der Waals surface area contributed by atoms with E-state index in [2.05, 4.69) is 0 Å². The summed E-state index contributed by atoms with van der Waals surface area (Å²) >= 11 is 5.91. The number of hydrogen-bond acceptors (Lipinski definition) is 5. The van der Waals surface area contributed by atoms with Gasteiger partial charge >= 0.3 is 5.97 Å². The van der Waals surface area contributed by atoms with Crippen LogP contribution >= 0.6 is 11.6 Å². The predicted molar refractivity (Wildman–Crippen MR) is 121 cm³/mol. The van der Waals surface area contributed by atoms with Crippen LogP contribution in [0.15, 0.2) is 41.3 Å². The molecule has 0 aliphatic carbocycles. The van der Waals surface area contributed by atoms with Gasteiger partial charge < -0.3 is 19.1 Å². The van der Waals surface area contributed by atoms with E-state index >= 15 is 0 Å². The normalized spacial score (nSPS) is 12.2. The maximum Gasteiger partial charge on any atom is 0.343 e. The van der Waals surface area contributed by atoms with Crippen LogP contribution in [0.3, 0.4) is 0 Å². The van der Waals surface area contributed by atoms with Crippen molar-refractivity contribution in [2.45, 2.75) is 26.3 Å². The third-order valence-corrected chi connectivity index (χ3v) is 5.86. The van der Waals surface area contributed by atoms with Crippen molar-refractivity contribution in [1.82, 2.24) is 4.57 Å². The molecule has 0 fully saturated rings. The average molecular weight is 462 g/mol. The predicted octanol–water partition coefficient (Wildman–Crippen LogP) is 4.37. The molecule has 1 atom stereocenters. The molecule has 0 saturated carbocycles. The minimum Gasteiger partial charge on any atom is -0.496 e. The monoisotopic (exact) mass is 461 g/mol. The average Bonchev–Trinajstić information content (AvgIpc) is 2.77. The van der Waals surface area contributed by atoms with Crippen molar-refractivity contribution >= 4 is 28.5 Å². The molecular formula is C24H25ClFNO5. The lowest BCUT2D eigenvalue weighted by atomic mass is 9.98. The minimum atomic E-state index is -0.774. The van der Waals surface area contributed by atoms with E-state index in [1.54, 1.807) is 28.8 Å². The molecule has 1 aromatic heterocycles. The Morgan fingerprint density at radius 1 is 1.22 bits per heavy atom. The molecule has 32 heavy (non-hydrogen) atoms. The maximum absolute atomic E-state index is 14.5. The molecule has 0 saturated heterocycles. The highest BCUT2D eigenvalue weighted by Gasteiger charge is 2.23. The van der Waals surface area contributed by atoms with Gasteiger partial charge in [-0.1, -0.05) is 37.6 Å². The van der Waals surface area contributed by atoms with E-state index < -0.39 is 23.3 Å². The first-order chi connectivity index (χ1) is 15.2. The summed E-state index contributed by atoms with van der Waals surface area (Å²) in [5.74, 6) is -0.875. The topological polar surface area (TPSA) is 77.8 Å². The lowest BCUT2D eigenvalue weighted by molar-refractivity contribution is 0.0597. The summed E-state index contributed by atoms with van der Waals surface area (Å²) in [6.07, 6.45) is 1.54. The molecule has 0 unspecified atom stereocenters. The van der Waals surface area contributed by atoms with Crippen molar-refractivity contribution < 1.29 is 23.8 Å². The van der Waals surface area contributed by atoms with Crippen LogP contribution < -0.4 is 10.2 Å². The molecule has 1 heterocycles. The van der Waals surface area contributed by atoms with Gasteiger partial charge in [-0.05, 0) is 29.2 Å². The SMILES string of the molecule is COC(=O)c1cn([C@H](CO)C(C)C)c2cc(OC)c(Cc3cccc(Cl)c3F)cc2c1=O. The summed E-state index contributed by atoms with van der Waals surface area (Å²) in [6, 6.07) is 7.57. The number of halogens is 2. The molecular weight excluding hydrogens is 437 g/mol. The van der Waals surface area contributed by atoms with Gasteiger partial charge in [0.1, 0.15) is 17.1 Å². The molecule has 1 N–H and O–H groups in total. The van der Waals surface area contributed by atoms with E-state index in [9.17, 15) is 19.1 Å². The van der Waals surface area contributed by atoms with Crippen LogP contribution in [-0.4, -0.2) is 36.5 Å². The fraction of sp³-hybridized carbons (Fsp3) is 0.333. The molecule has 0 amide bonds. The number of pyridine rings is 1. The van der Waals surface area contributed by atoms with Crippen LogP contribution in [0, 0.1) is 11.7 Å². The summed E-state index contributed by atoms with van der Waals surface area (Å²) < 4.78 is 26.5. The van der Waals surface area contributed by atoms with Gasteiger partial charge in [0.05, 0.1) is 37.4 Å². The van der Waals surface area contributed by atoms with Gasteiger partial charge in [-0.2, -0.15) is 0 Å². The number of esters is 1. The van der Waals surface area contributed by atoms with Crippen LogP contribution in [0.5, 0.6) is 5.75 Å². The molecule has 170 valence electrons. The number of benzene rings is 2. The fourth-order valence-electron chi connectivity index (χ4n) is 3.79. The number of aliphatic hydroxyl groups excluding tert-OH is 1. The van der Waals surface area contributed by atoms with E-state index in [0.29, 0.717) is 22.4 Å². The number of rotatable bonds is 7. The molecule has 0 radical (unpaired) electrons. The first-order valence-corrected chi connectivity index (χ1v) is 10.5. The third-order valence-electron chi connectivity index (χ3n) is 5.57. The highest BCUT2D eigenvalue weighted by atomic mass is 35.5. The van der Waals surface area contributed by atoms with Crippen LogP contribution in [0.1, 0.15) is 41.4 Å². The Morgan fingerprint density at radius 2 is 1.94 bits per heavy atom. The highest BCUT2D eigenvalue weighted by molar-refractivity contribution is 6.30. The largest absolute Gasteiger partial charge is 0.496 e. The first kappa shape index (κ1) is 23.8. The van der Waals surface area contributed by atoms with Crippen LogP contribution in [0.25, 0.3) is 10.9 Å². The molecule has 3 rings (SSSR count). The number of carbonyl (C=O) groups is 1. The Hall–Kier alpha value is -2.90. The van der Waals surface area contributed by atoms with Crippen molar-refractivity contribution in [3.63, 3.8) is 0 Å². The highest BCUT2D eigenvalue weighted by Crippen LogP contribution is 2.31. The van der Waals surface area contributed by atoms with Crippen LogP contribution in [0.4, 0.5) is 4.39 Å². The Balaban J connectivity index is 2.33. The van der Waals surface area contributed by atoms with Gasteiger partial charge in [-0.25, -0.2) is 9.18 Å². The van der Waals surface area contributed by atoms with Crippen LogP contribution in [0.2, 0.25) is 5.02 Å². The van der Waals surface area contributed by atoms with E-state index in [1.807, 2.05) is 13.8 Å². The van der Waals surface area contributed by atoms with E-state index in [4.69, 9.17) is 21.1 Å². The summed E-state index contributed by atoms with van der Waals surface area (Å²) in [5, 5.41) is 10.2. The lowest BCUT2D eigenvalue weighted by Crippen LogP contribution is -2.26. The van der Waals surface area contributed by atoms with Crippen molar-refractivity contribution in [1.29, 1.82) is 0 Å². The Morgan fingerprint density at radius 3 is 2.53 bits per heavy atom. The Labute approximate surface area is 190 Å². The van der Waals surface area contributed by atoms with E-state index in [1.165, 1.54) is 26.5 Å². The number of hydrogen-bond donors (Lipinski definition) is 1. The smallest absolute Gasteiger partial charge is 0.343 e. The zero-order valence-electron chi connectivity index (χ0n) is 18.3. The molecule has 2 aromatic carbocycles. The number of fused-ring (bicyclic) bond motifs is 1. The van der Waals surface area contributed by atoms with E-state index in [0.717, 1.165) is 0 Å². The second kappa shape index (κ2) is 9.71. The van der Waals surface area contributed by atoms with Gasteiger partial charge in [0.15, 0.2) is 0 Å². The number of aromatic nitrogens is 1. The molecule has 3 aromatic rings. The molecule has 8 heteroatoms.